The van der Waals surface area contributed by atoms with Crippen LogP contribution in [0.1, 0.15) is 0 Å². The highest BCUT2D eigenvalue weighted by Crippen LogP contribution is 2.15. The quantitative estimate of drug-likeness (QED) is 0.414. The van der Waals surface area contributed by atoms with Crippen molar-refractivity contribution in [3.8, 4) is 11.5 Å². The topological polar surface area (TPSA) is 111 Å². The SMILES string of the molecule is CN(C)S(=O)(=O)NCCNCC(O)COc1ccc(O)cc1. The van der Waals surface area contributed by atoms with Crippen LogP contribution in [0.5, 0.6) is 11.5 Å². The van der Waals surface area contributed by atoms with Gasteiger partial charge < -0.3 is 20.3 Å². The van der Waals surface area contributed by atoms with Gasteiger partial charge in [0.05, 0.1) is 0 Å². The van der Waals surface area contributed by atoms with Crippen LogP contribution in [-0.2, 0) is 10.2 Å². The van der Waals surface area contributed by atoms with E-state index in [1.807, 2.05) is 0 Å². The minimum absolute atomic E-state index is 0.0984. The third-order valence-corrected chi connectivity index (χ3v) is 4.26. The molecular weight excluding hydrogens is 310 g/mol. The van der Waals surface area contributed by atoms with Gasteiger partial charge >= 0.3 is 0 Å². The first kappa shape index (κ1) is 18.7. The summed E-state index contributed by atoms with van der Waals surface area (Å²) in [5, 5.41) is 21.8. The minimum atomic E-state index is -3.41. The van der Waals surface area contributed by atoms with Crippen LogP contribution in [-0.4, -0.2) is 69.4 Å². The lowest BCUT2D eigenvalue weighted by atomic mass is 10.3. The lowest BCUT2D eigenvalue weighted by Gasteiger charge is -2.15. The fraction of sp³-hybridized carbons (Fsp3) is 0.538. The van der Waals surface area contributed by atoms with Crippen molar-refractivity contribution >= 4 is 10.2 Å². The molecule has 1 rings (SSSR count). The van der Waals surface area contributed by atoms with E-state index in [4.69, 9.17) is 9.84 Å². The average molecular weight is 333 g/mol. The van der Waals surface area contributed by atoms with Gasteiger partial charge in [-0.2, -0.15) is 12.7 Å². The normalized spacial score (nSPS) is 13.3. The largest absolute Gasteiger partial charge is 0.508 e. The van der Waals surface area contributed by atoms with E-state index in [1.54, 1.807) is 12.1 Å². The third-order valence-electron chi connectivity index (χ3n) is 2.73. The summed E-state index contributed by atoms with van der Waals surface area (Å²) in [4.78, 5) is 0. The summed E-state index contributed by atoms with van der Waals surface area (Å²) >= 11 is 0. The molecule has 22 heavy (non-hydrogen) atoms. The number of aliphatic hydroxyl groups is 1. The number of ether oxygens (including phenoxy) is 1. The fourth-order valence-corrected chi connectivity index (χ4v) is 2.08. The molecule has 1 aromatic rings. The van der Waals surface area contributed by atoms with Crippen molar-refractivity contribution in [2.24, 2.45) is 0 Å². The van der Waals surface area contributed by atoms with E-state index < -0.39 is 16.3 Å². The Morgan fingerprint density at radius 1 is 1.23 bits per heavy atom. The molecule has 0 aliphatic rings. The van der Waals surface area contributed by atoms with E-state index in [2.05, 4.69) is 10.0 Å². The molecule has 0 aliphatic carbocycles. The summed E-state index contributed by atoms with van der Waals surface area (Å²) < 4.78 is 31.7. The smallest absolute Gasteiger partial charge is 0.278 e. The van der Waals surface area contributed by atoms with Crippen LogP contribution in [0, 0.1) is 0 Å². The lowest BCUT2D eigenvalue weighted by molar-refractivity contribution is 0.107. The molecule has 0 aliphatic heterocycles. The first-order valence-corrected chi connectivity index (χ1v) is 8.23. The molecule has 0 spiro atoms. The van der Waals surface area contributed by atoms with Crippen LogP contribution in [0.4, 0.5) is 0 Å². The highest BCUT2D eigenvalue weighted by molar-refractivity contribution is 7.87. The molecule has 1 atom stereocenters. The standard InChI is InChI=1S/C13H23N3O5S/c1-16(2)22(19,20)15-8-7-14-9-12(18)10-21-13-5-3-11(17)4-6-13/h3-6,12,14-15,17-18H,7-10H2,1-2H3. The molecule has 0 saturated heterocycles. The van der Waals surface area contributed by atoms with Crippen LogP contribution in [0.2, 0.25) is 0 Å². The van der Waals surface area contributed by atoms with Gasteiger partial charge in [0.1, 0.15) is 24.2 Å². The van der Waals surface area contributed by atoms with Gasteiger partial charge in [-0.3, -0.25) is 0 Å². The Balaban J connectivity index is 2.13. The maximum atomic E-state index is 11.4. The molecule has 0 fully saturated rings. The number of phenols is 1. The molecule has 126 valence electrons. The molecule has 0 saturated carbocycles. The molecular formula is C13H23N3O5S. The Labute approximate surface area is 130 Å². The maximum Gasteiger partial charge on any atom is 0.278 e. The predicted molar refractivity (Wildman–Crippen MR) is 83.1 cm³/mol. The number of aliphatic hydroxyl groups excluding tert-OH is 1. The van der Waals surface area contributed by atoms with Crippen molar-refractivity contribution in [1.29, 1.82) is 0 Å². The van der Waals surface area contributed by atoms with Crippen molar-refractivity contribution in [1.82, 2.24) is 14.3 Å². The zero-order chi connectivity index (χ0) is 16.6. The third kappa shape index (κ3) is 7.05. The number of hydrogen-bond donors (Lipinski definition) is 4. The summed E-state index contributed by atoms with van der Waals surface area (Å²) in [5.74, 6) is 0.699. The molecule has 0 amide bonds. The van der Waals surface area contributed by atoms with Gasteiger partial charge in [-0.1, -0.05) is 0 Å². The van der Waals surface area contributed by atoms with Gasteiger partial charge in [0.2, 0.25) is 0 Å². The van der Waals surface area contributed by atoms with Crippen molar-refractivity contribution in [3.05, 3.63) is 24.3 Å². The Hall–Kier alpha value is -1.39. The van der Waals surface area contributed by atoms with Crippen LogP contribution in [0.25, 0.3) is 0 Å². The zero-order valence-electron chi connectivity index (χ0n) is 12.7. The van der Waals surface area contributed by atoms with E-state index in [0.29, 0.717) is 12.3 Å². The fourth-order valence-electron chi connectivity index (χ4n) is 1.46. The number of phenolic OH excluding ortho intramolecular Hbond substituents is 1. The monoisotopic (exact) mass is 333 g/mol. The molecule has 8 nitrogen and oxygen atoms in total. The average Bonchev–Trinajstić information content (AvgIpc) is 2.46. The van der Waals surface area contributed by atoms with E-state index in [0.717, 1.165) is 4.31 Å². The Bertz CT molecular complexity index is 533. The van der Waals surface area contributed by atoms with Gasteiger partial charge in [-0.25, -0.2) is 4.72 Å². The highest BCUT2D eigenvalue weighted by atomic mass is 32.2. The molecule has 1 aromatic carbocycles. The van der Waals surface area contributed by atoms with Crippen molar-refractivity contribution in [2.75, 3.05) is 40.3 Å². The van der Waals surface area contributed by atoms with E-state index in [-0.39, 0.29) is 25.4 Å². The molecule has 0 heterocycles. The van der Waals surface area contributed by atoms with Gasteiger partial charge in [0.25, 0.3) is 10.2 Å². The molecule has 9 heteroatoms. The van der Waals surface area contributed by atoms with Crippen LogP contribution in [0.3, 0.4) is 0 Å². The lowest BCUT2D eigenvalue weighted by Crippen LogP contribution is -2.41. The van der Waals surface area contributed by atoms with Crippen molar-refractivity contribution in [3.63, 3.8) is 0 Å². The van der Waals surface area contributed by atoms with E-state index in [1.165, 1.54) is 26.2 Å². The first-order valence-electron chi connectivity index (χ1n) is 6.79. The van der Waals surface area contributed by atoms with Crippen LogP contribution < -0.4 is 14.8 Å². The highest BCUT2D eigenvalue weighted by Gasteiger charge is 2.11. The summed E-state index contributed by atoms with van der Waals surface area (Å²) in [5.41, 5.74) is 0. The number of benzene rings is 1. The van der Waals surface area contributed by atoms with Gasteiger partial charge in [-0.05, 0) is 24.3 Å². The molecule has 0 bridgehead atoms. The number of nitrogens with one attached hydrogen (secondary N) is 2. The summed E-state index contributed by atoms with van der Waals surface area (Å²) in [6, 6.07) is 6.20. The second-order valence-corrected chi connectivity index (χ2v) is 6.81. The minimum Gasteiger partial charge on any atom is -0.508 e. The Kier molecular flexibility index (Phi) is 7.56. The van der Waals surface area contributed by atoms with Gasteiger partial charge in [-0.15, -0.1) is 0 Å². The Morgan fingerprint density at radius 3 is 2.45 bits per heavy atom. The van der Waals surface area contributed by atoms with Crippen LogP contribution in [0.15, 0.2) is 24.3 Å². The molecule has 4 N–H and O–H groups in total. The number of nitrogens with zero attached hydrogens (tertiary/aromatic N) is 1. The second-order valence-electron chi connectivity index (χ2n) is 4.84. The van der Waals surface area contributed by atoms with E-state index in [9.17, 15) is 13.5 Å². The zero-order valence-corrected chi connectivity index (χ0v) is 13.5. The van der Waals surface area contributed by atoms with Gasteiger partial charge in [0, 0.05) is 33.7 Å². The number of hydrogen-bond acceptors (Lipinski definition) is 6. The van der Waals surface area contributed by atoms with Gasteiger partial charge in [0.15, 0.2) is 0 Å². The molecule has 1 unspecified atom stereocenters. The van der Waals surface area contributed by atoms with Crippen molar-refractivity contribution in [2.45, 2.75) is 6.10 Å². The Morgan fingerprint density at radius 2 is 1.86 bits per heavy atom. The first-order chi connectivity index (χ1) is 10.3. The summed E-state index contributed by atoms with van der Waals surface area (Å²) in [7, 11) is -0.524. The molecule has 0 radical (unpaired) electrons. The maximum absolute atomic E-state index is 11.4. The summed E-state index contributed by atoms with van der Waals surface area (Å²) in [6.07, 6.45) is -0.723. The van der Waals surface area contributed by atoms with E-state index >= 15 is 0 Å². The summed E-state index contributed by atoms with van der Waals surface area (Å²) in [6.45, 7) is 0.998. The predicted octanol–water partition coefficient (Wildman–Crippen LogP) is -0.882. The second kappa shape index (κ2) is 8.91. The van der Waals surface area contributed by atoms with Crippen molar-refractivity contribution < 1.29 is 23.4 Å². The number of aromatic hydroxyl groups is 1. The number of rotatable bonds is 10. The van der Waals surface area contributed by atoms with Crippen LogP contribution >= 0.6 is 0 Å². The molecule has 0 aromatic heterocycles.